The number of ether oxygens (including phenoxy) is 1. The molecule has 0 N–H and O–H groups in total. The third-order valence-electron chi connectivity index (χ3n) is 2.47. The average molecular weight is 420 g/mol. The van der Waals surface area contributed by atoms with Crippen molar-refractivity contribution in [2.24, 2.45) is 0 Å². The van der Waals surface area contributed by atoms with Gasteiger partial charge in [-0.3, -0.25) is 4.79 Å². The van der Waals surface area contributed by atoms with E-state index in [1.165, 1.54) is 11.0 Å². The first-order valence-electron chi connectivity index (χ1n) is 8.49. The lowest BCUT2D eigenvalue weighted by Crippen LogP contribution is -2.56. The summed E-state index contributed by atoms with van der Waals surface area (Å²) >= 11 is 0. The van der Waals surface area contributed by atoms with Gasteiger partial charge in [-0.1, -0.05) is 13.2 Å². The molecule has 0 saturated carbocycles. The van der Waals surface area contributed by atoms with Crippen LogP contribution in [0, 0.1) is 0 Å². The predicted molar refractivity (Wildman–Crippen MR) is 115 cm³/mol. The topological polar surface area (TPSA) is 65.1 Å². The number of carbonyl (C=O) groups is 2. The number of nitrogens with zero attached hydrogens (tertiary/aromatic N) is 1. The number of hydrogen-bond donors (Lipinski definition) is 0. The number of carbonyl (C=O) groups excluding carboxylic acids is 2. The fourth-order valence-electron chi connectivity index (χ4n) is 1.88. The van der Waals surface area contributed by atoms with Crippen LogP contribution in [0.5, 0.6) is 0 Å². The van der Waals surface area contributed by atoms with E-state index in [9.17, 15) is 9.59 Å². The van der Waals surface area contributed by atoms with Gasteiger partial charge in [-0.15, -0.1) is 0 Å². The Bertz CT molecular complexity index is 492. The molecule has 0 rings (SSSR count). The van der Waals surface area contributed by atoms with Crippen LogP contribution >= 0.6 is 0 Å². The van der Waals surface area contributed by atoms with Crippen molar-refractivity contribution in [1.82, 2.24) is 4.90 Å². The van der Waals surface area contributed by atoms with Gasteiger partial charge in [-0.2, -0.15) is 0 Å². The lowest BCUT2D eigenvalue weighted by Gasteiger charge is -2.37. The first-order chi connectivity index (χ1) is 11.4. The van der Waals surface area contributed by atoms with Gasteiger partial charge in [0, 0.05) is 19.7 Å². The molecule has 0 aromatic heterocycles. The Labute approximate surface area is 162 Å². The highest BCUT2D eigenvalue weighted by atomic mass is 28.5. The van der Waals surface area contributed by atoms with Crippen LogP contribution in [0.4, 0.5) is 0 Å². The smallest absolute Gasteiger partial charge is 0.353 e. The molecule has 152 valence electrons. The molecule has 0 fully saturated rings. The van der Waals surface area contributed by atoms with Gasteiger partial charge in [0.25, 0.3) is 0 Å². The van der Waals surface area contributed by atoms with Crippen LogP contribution in [0.3, 0.4) is 0 Å². The minimum atomic E-state index is -2.49. The second kappa shape index (κ2) is 11.0. The Morgan fingerprint density at radius 2 is 1.35 bits per heavy atom. The first kappa shape index (κ1) is 27.2. The fourth-order valence-corrected chi connectivity index (χ4v) is 13.6. The van der Waals surface area contributed by atoms with E-state index in [1.54, 1.807) is 21.0 Å². The molecule has 0 bridgehead atoms. The van der Waals surface area contributed by atoms with Gasteiger partial charge in [-0.25, -0.2) is 4.79 Å². The molecule has 0 spiro atoms. The van der Waals surface area contributed by atoms with Crippen molar-refractivity contribution in [3.8, 4) is 0 Å². The molecule has 0 aliphatic rings. The van der Waals surface area contributed by atoms with Crippen molar-refractivity contribution in [2.45, 2.75) is 52.8 Å². The molecule has 0 aliphatic heterocycles. The van der Waals surface area contributed by atoms with Gasteiger partial charge in [0.15, 0.2) is 16.6 Å². The Hall–Kier alpha value is -1.01. The molecule has 6 nitrogen and oxygen atoms in total. The molecule has 0 unspecified atom stereocenters. The molecule has 0 saturated heterocycles. The maximum Gasteiger partial charge on any atom is 0.353 e. The molecule has 26 heavy (non-hydrogen) atoms. The Balaban J connectivity index is 0. The van der Waals surface area contributed by atoms with Crippen molar-refractivity contribution in [3.63, 3.8) is 0 Å². The highest BCUT2D eigenvalue weighted by Crippen LogP contribution is 2.21. The van der Waals surface area contributed by atoms with Gasteiger partial charge in [0.2, 0.25) is 5.91 Å². The van der Waals surface area contributed by atoms with Crippen LogP contribution in [0.1, 0.15) is 6.92 Å². The fraction of sp³-hybridized carbons (Fsp3) is 0.647. The van der Waals surface area contributed by atoms with E-state index >= 15 is 0 Å². The van der Waals surface area contributed by atoms with E-state index in [1.807, 2.05) is 6.55 Å². The lowest BCUT2D eigenvalue weighted by atomic mass is 10.4. The quantitative estimate of drug-likeness (QED) is 0.341. The Kier molecular flexibility index (Phi) is 11.5. The molecular formula is C17H37NO5Si3. The summed E-state index contributed by atoms with van der Waals surface area (Å²) in [6, 6.07) is 0. The average Bonchev–Trinajstić information content (AvgIpc) is 2.40. The molecule has 0 radical (unpaired) electrons. The molecule has 0 aliphatic carbocycles. The summed E-state index contributed by atoms with van der Waals surface area (Å²) in [6.45, 7) is 23.2. The van der Waals surface area contributed by atoms with Crippen LogP contribution < -0.4 is 0 Å². The van der Waals surface area contributed by atoms with Crippen LogP contribution in [-0.2, 0) is 22.6 Å². The van der Waals surface area contributed by atoms with E-state index in [4.69, 9.17) is 13.0 Å². The largest absolute Gasteiger partial charge is 0.460 e. The van der Waals surface area contributed by atoms with Gasteiger partial charge >= 0.3 is 14.5 Å². The molecule has 0 heterocycles. The number of rotatable bonds is 8. The Morgan fingerprint density at radius 1 is 0.962 bits per heavy atom. The van der Waals surface area contributed by atoms with Gasteiger partial charge in [-0.05, 0) is 58.8 Å². The summed E-state index contributed by atoms with van der Waals surface area (Å²) in [5, 5.41) is 0. The monoisotopic (exact) mass is 419 g/mol. The molecular weight excluding hydrogens is 382 g/mol. The minimum absolute atomic E-state index is 0.0556. The number of esters is 1. The summed E-state index contributed by atoms with van der Waals surface area (Å²) < 4.78 is 17.7. The van der Waals surface area contributed by atoms with E-state index in [2.05, 4.69) is 52.4 Å². The summed E-state index contributed by atoms with van der Waals surface area (Å²) in [5.74, 6) is -0.433. The molecule has 0 aromatic rings. The predicted octanol–water partition coefficient (Wildman–Crippen LogP) is 3.68. The van der Waals surface area contributed by atoms with E-state index in [-0.39, 0.29) is 18.1 Å². The van der Waals surface area contributed by atoms with Crippen molar-refractivity contribution < 1.29 is 22.6 Å². The van der Waals surface area contributed by atoms with Crippen molar-refractivity contribution in [2.75, 3.05) is 20.3 Å². The second-order valence-electron chi connectivity index (χ2n) is 8.36. The van der Waals surface area contributed by atoms with E-state index in [0.29, 0.717) is 5.57 Å². The van der Waals surface area contributed by atoms with Crippen LogP contribution in [0.15, 0.2) is 24.8 Å². The van der Waals surface area contributed by atoms with Gasteiger partial charge in [0.05, 0.1) is 0 Å². The number of amides is 1. The summed E-state index contributed by atoms with van der Waals surface area (Å²) in [7, 11) is -2.61. The normalized spacial score (nSPS) is 11.8. The highest BCUT2D eigenvalue weighted by Gasteiger charge is 2.41. The van der Waals surface area contributed by atoms with Crippen LogP contribution in [0.25, 0.3) is 0 Å². The van der Waals surface area contributed by atoms with Gasteiger partial charge < -0.3 is 17.9 Å². The molecule has 0 atom stereocenters. The van der Waals surface area contributed by atoms with Crippen molar-refractivity contribution in [3.05, 3.63) is 24.8 Å². The zero-order valence-corrected chi connectivity index (χ0v) is 21.2. The third kappa shape index (κ3) is 15.3. The summed E-state index contributed by atoms with van der Waals surface area (Å²) in [6.07, 6.45) is 1.51. The zero-order chi connectivity index (χ0) is 21.3. The molecule has 9 heteroatoms. The first-order valence-corrected chi connectivity index (χ1v) is 17.8. The molecule has 1 amide bonds. The Morgan fingerprint density at radius 3 is 1.54 bits per heavy atom. The third-order valence-corrected chi connectivity index (χ3v) is 11.5. The van der Waals surface area contributed by atoms with Crippen LogP contribution in [-0.4, -0.2) is 62.3 Å². The maximum absolute atomic E-state index is 11.5. The SMILES string of the molecule is C=C(C)C(=O)OC[Si](C)(O[Si](C)(C)C)O[Si](C)(C)C.C=CC(=O)N(C)C. The zero-order valence-electron chi connectivity index (χ0n) is 18.2. The number of hydrogen-bond acceptors (Lipinski definition) is 5. The standard InChI is InChI=1S/C12H28O4Si3.C5H9NO/c1-11(2)12(13)14-10-19(9,15-17(3,4)5)16-18(6,7)8;1-4-5(7)6(2)3/h1,10H2,2-9H3;4H,1H2,2-3H3. The number of likely N-dealkylation sites (N-methyl/N-ethyl adjacent to an activating group) is 1. The summed E-state index contributed by atoms with van der Waals surface area (Å²) in [4.78, 5) is 23.3. The second-order valence-corrected chi connectivity index (χ2v) is 21.0. The van der Waals surface area contributed by atoms with Gasteiger partial charge in [0.1, 0.15) is 6.23 Å². The van der Waals surface area contributed by atoms with E-state index < -0.39 is 25.2 Å². The minimum Gasteiger partial charge on any atom is -0.460 e. The molecule has 0 aromatic carbocycles. The van der Waals surface area contributed by atoms with E-state index in [0.717, 1.165) is 0 Å². The van der Waals surface area contributed by atoms with Crippen molar-refractivity contribution in [1.29, 1.82) is 0 Å². The lowest BCUT2D eigenvalue weighted by molar-refractivity contribution is -0.137. The maximum atomic E-state index is 11.5. The summed E-state index contributed by atoms with van der Waals surface area (Å²) in [5.41, 5.74) is 0.400. The van der Waals surface area contributed by atoms with Crippen LogP contribution in [0.2, 0.25) is 45.8 Å². The highest BCUT2D eigenvalue weighted by molar-refractivity contribution is 6.87. The van der Waals surface area contributed by atoms with Crippen molar-refractivity contribution >= 4 is 37.1 Å².